The average molecular weight is 601 g/mol. The molecular weight excluding hydrogens is 577 g/mol. The highest BCUT2D eigenvalue weighted by molar-refractivity contribution is 8.03. The van der Waals surface area contributed by atoms with E-state index < -0.39 is 0 Å². The van der Waals surface area contributed by atoms with Crippen molar-refractivity contribution in [3.8, 4) is 23.0 Å². The number of nitrogens with zero attached hydrogens (tertiary/aromatic N) is 2. The molecule has 0 saturated heterocycles. The summed E-state index contributed by atoms with van der Waals surface area (Å²) in [5, 5.41) is 14.0. The molecule has 11 heteroatoms. The Kier molecular flexibility index (Phi) is 9.88. The molecule has 0 radical (unpaired) electrons. The molecule has 8 nitrogen and oxygen atoms in total. The zero-order valence-electron chi connectivity index (χ0n) is 21.6. The minimum absolute atomic E-state index is 0.157. The summed E-state index contributed by atoms with van der Waals surface area (Å²) in [4.78, 5) is 24.8. The third kappa shape index (κ3) is 9.10. The first kappa shape index (κ1) is 28.2. The number of carbonyl (C=O) groups excluding carboxylic acids is 2. The molecule has 1 heterocycles. The van der Waals surface area contributed by atoms with E-state index in [4.69, 9.17) is 9.47 Å². The standard InChI is InChI=1S/C30H24N4O4S3/c35-27(31-21-11-15-25(16-12-21)37-23-7-3-1-4-8-23)19-39-29-33-34-30(41-29)40-20-28(36)32-22-13-17-26(18-14-22)38-24-9-5-2-6-10-24/h1-18H,19-20H2,(H,31,35)(H,32,36). The predicted molar refractivity (Wildman–Crippen MR) is 165 cm³/mol. The lowest BCUT2D eigenvalue weighted by molar-refractivity contribution is -0.114. The first-order valence-corrected chi connectivity index (χ1v) is 15.2. The minimum Gasteiger partial charge on any atom is -0.457 e. The van der Waals surface area contributed by atoms with E-state index in [-0.39, 0.29) is 23.3 Å². The van der Waals surface area contributed by atoms with E-state index in [1.807, 2.05) is 60.7 Å². The molecule has 4 aromatic carbocycles. The van der Waals surface area contributed by atoms with Gasteiger partial charge in [0.25, 0.3) is 0 Å². The summed E-state index contributed by atoms with van der Waals surface area (Å²) < 4.78 is 12.9. The normalized spacial score (nSPS) is 10.5. The number of hydrogen-bond donors (Lipinski definition) is 2. The topological polar surface area (TPSA) is 102 Å². The second-order valence-electron chi connectivity index (χ2n) is 8.39. The molecule has 5 rings (SSSR count). The van der Waals surface area contributed by atoms with Gasteiger partial charge in [-0.1, -0.05) is 71.3 Å². The van der Waals surface area contributed by atoms with Crippen LogP contribution in [0.4, 0.5) is 11.4 Å². The summed E-state index contributed by atoms with van der Waals surface area (Å²) in [6.07, 6.45) is 0. The molecule has 206 valence electrons. The molecule has 0 aliphatic heterocycles. The van der Waals surface area contributed by atoms with Crippen molar-refractivity contribution in [2.24, 2.45) is 0 Å². The smallest absolute Gasteiger partial charge is 0.234 e. The number of anilines is 2. The van der Waals surface area contributed by atoms with E-state index in [0.29, 0.717) is 31.6 Å². The van der Waals surface area contributed by atoms with E-state index in [9.17, 15) is 9.59 Å². The zero-order valence-corrected chi connectivity index (χ0v) is 24.0. The van der Waals surface area contributed by atoms with Crippen molar-refractivity contribution >= 4 is 58.0 Å². The molecule has 41 heavy (non-hydrogen) atoms. The molecule has 5 aromatic rings. The number of aromatic nitrogens is 2. The van der Waals surface area contributed by atoms with Crippen molar-refractivity contribution < 1.29 is 19.1 Å². The van der Waals surface area contributed by atoms with Gasteiger partial charge in [-0.05, 0) is 72.8 Å². The Bertz CT molecular complexity index is 1450. The maximum absolute atomic E-state index is 12.4. The Balaban J connectivity index is 1.01. The van der Waals surface area contributed by atoms with Crippen LogP contribution in [0, 0.1) is 0 Å². The van der Waals surface area contributed by atoms with Gasteiger partial charge in [0.15, 0.2) is 8.68 Å². The maximum atomic E-state index is 12.4. The Morgan fingerprint density at radius 3 is 1.32 bits per heavy atom. The van der Waals surface area contributed by atoms with Gasteiger partial charge in [-0.25, -0.2) is 0 Å². The van der Waals surface area contributed by atoms with Crippen LogP contribution in [0.5, 0.6) is 23.0 Å². The predicted octanol–water partition coefficient (Wildman–Crippen LogP) is 7.58. The van der Waals surface area contributed by atoms with Crippen LogP contribution in [0.25, 0.3) is 0 Å². The fourth-order valence-electron chi connectivity index (χ4n) is 3.42. The summed E-state index contributed by atoms with van der Waals surface area (Å²) in [6, 6.07) is 33.3. The largest absolute Gasteiger partial charge is 0.457 e. The molecule has 0 atom stereocenters. The van der Waals surface area contributed by atoms with Gasteiger partial charge in [0.05, 0.1) is 11.5 Å². The van der Waals surface area contributed by atoms with Crippen LogP contribution in [-0.2, 0) is 9.59 Å². The first-order valence-electron chi connectivity index (χ1n) is 12.4. The molecule has 0 aliphatic rings. The van der Waals surface area contributed by atoms with Crippen LogP contribution in [-0.4, -0.2) is 33.5 Å². The van der Waals surface area contributed by atoms with Gasteiger partial charge in [-0.2, -0.15) is 0 Å². The van der Waals surface area contributed by atoms with Crippen LogP contribution < -0.4 is 20.1 Å². The SMILES string of the molecule is O=C(CSc1nnc(SCC(=O)Nc2ccc(Oc3ccccc3)cc2)s1)Nc1ccc(Oc2ccccc2)cc1. The fraction of sp³-hybridized carbons (Fsp3) is 0.0667. The summed E-state index contributed by atoms with van der Waals surface area (Å²) in [5.74, 6) is 2.92. The third-order valence-electron chi connectivity index (χ3n) is 5.28. The molecule has 0 saturated carbocycles. The van der Waals surface area contributed by atoms with Crippen LogP contribution >= 0.6 is 34.9 Å². The lowest BCUT2D eigenvalue weighted by Gasteiger charge is -2.08. The molecule has 2 amide bonds. The number of carbonyl (C=O) groups is 2. The quantitative estimate of drug-likeness (QED) is 0.141. The van der Waals surface area contributed by atoms with Gasteiger partial charge in [0, 0.05) is 11.4 Å². The molecule has 0 aliphatic carbocycles. The molecule has 0 unspecified atom stereocenters. The van der Waals surface area contributed by atoms with E-state index >= 15 is 0 Å². The lowest BCUT2D eigenvalue weighted by Crippen LogP contribution is -2.13. The first-order chi connectivity index (χ1) is 20.1. The number of benzene rings is 4. The van der Waals surface area contributed by atoms with E-state index in [0.717, 1.165) is 11.5 Å². The maximum Gasteiger partial charge on any atom is 0.234 e. The summed E-state index contributed by atoms with van der Waals surface area (Å²) in [7, 11) is 0. The summed E-state index contributed by atoms with van der Waals surface area (Å²) >= 11 is 3.94. The zero-order chi connectivity index (χ0) is 28.3. The van der Waals surface area contributed by atoms with Crippen molar-refractivity contribution in [1.29, 1.82) is 0 Å². The Morgan fingerprint density at radius 1 is 0.561 bits per heavy atom. The fourth-order valence-corrected chi connectivity index (χ4v) is 6.04. The van der Waals surface area contributed by atoms with Gasteiger partial charge in [-0.3, -0.25) is 9.59 Å². The van der Waals surface area contributed by atoms with Crippen molar-refractivity contribution in [2.45, 2.75) is 8.68 Å². The van der Waals surface area contributed by atoms with Crippen molar-refractivity contribution in [1.82, 2.24) is 10.2 Å². The van der Waals surface area contributed by atoms with Crippen molar-refractivity contribution in [2.75, 3.05) is 22.1 Å². The van der Waals surface area contributed by atoms with Crippen LogP contribution in [0.15, 0.2) is 118 Å². The van der Waals surface area contributed by atoms with Crippen LogP contribution in [0.1, 0.15) is 0 Å². The van der Waals surface area contributed by atoms with E-state index in [2.05, 4.69) is 20.8 Å². The molecule has 0 spiro atoms. The van der Waals surface area contributed by atoms with Crippen LogP contribution in [0.2, 0.25) is 0 Å². The number of amides is 2. The van der Waals surface area contributed by atoms with E-state index in [1.54, 1.807) is 48.5 Å². The Hall–Kier alpha value is -4.32. The molecule has 0 fully saturated rings. The molecular formula is C30H24N4O4S3. The molecule has 0 bridgehead atoms. The van der Waals surface area contributed by atoms with Gasteiger partial charge in [0.1, 0.15) is 23.0 Å². The average Bonchev–Trinajstić information content (AvgIpc) is 3.46. The highest BCUT2D eigenvalue weighted by Gasteiger charge is 2.11. The lowest BCUT2D eigenvalue weighted by atomic mass is 10.3. The second-order valence-corrected chi connectivity index (χ2v) is 11.8. The highest BCUT2D eigenvalue weighted by Crippen LogP contribution is 2.29. The van der Waals surface area contributed by atoms with Crippen molar-refractivity contribution in [3.05, 3.63) is 109 Å². The monoisotopic (exact) mass is 600 g/mol. The number of thioether (sulfide) groups is 2. The van der Waals surface area contributed by atoms with Crippen LogP contribution in [0.3, 0.4) is 0 Å². The Labute approximate surface area is 249 Å². The number of ether oxygens (including phenoxy) is 2. The highest BCUT2D eigenvalue weighted by atomic mass is 32.2. The van der Waals surface area contributed by atoms with E-state index in [1.165, 1.54) is 34.9 Å². The Morgan fingerprint density at radius 2 is 0.927 bits per heavy atom. The number of nitrogens with one attached hydrogen (secondary N) is 2. The van der Waals surface area contributed by atoms with Gasteiger partial charge < -0.3 is 20.1 Å². The number of rotatable bonds is 12. The molecule has 1 aromatic heterocycles. The summed E-state index contributed by atoms with van der Waals surface area (Å²) in [5.41, 5.74) is 1.35. The molecule has 2 N–H and O–H groups in total. The minimum atomic E-state index is -0.157. The third-order valence-corrected chi connectivity index (χ3v) is 8.47. The number of para-hydroxylation sites is 2. The summed E-state index contributed by atoms with van der Waals surface area (Å²) in [6.45, 7) is 0. The van der Waals surface area contributed by atoms with Gasteiger partial charge in [0.2, 0.25) is 11.8 Å². The second kappa shape index (κ2) is 14.4. The number of hydrogen-bond acceptors (Lipinski definition) is 9. The van der Waals surface area contributed by atoms with Gasteiger partial charge in [-0.15, -0.1) is 10.2 Å². The van der Waals surface area contributed by atoms with Gasteiger partial charge >= 0.3 is 0 Å². The van der Waals surface area contributed by atoms with Crippen molar-refractivity contribution in [3.63, 3.8) is 0 Å².